The molecule has 142 valence electrons. The van der Waals surface area contributed by atoms with Gasteiger partial charge in [-0.1, -0.05) is 42.5 Å². The summed E-state index contributed by atoms with van der Waals surface area (Å²) in [5, 5.41) is 11.1. The van der Waals surface area contributed by atoms with Gasteiger partial charge < -0.3 is 5.32 Å². The van der Waals surface area contributed by atoms with E-state index in [1.54, 1.807) is 0 Å². The number of amides is 2. The Morgan fingerprint density at radius 1 is 0.964 bits per heavy atom. The van der Waals surface area contributed by atoms with Crippen molar-refractivity contribution in [3.63, 3.8) is 0 Å². The fraction of sp³-hybridized carbons (Fsp3) is 0.304. The number of hydrogen-bond donors (Lipinski definition) is 2. The van der Waals surface area contributed by atoms with Gasteiger partial charge in [0.15, 0.2) is 0 Å². The monoisotopic (exact) mass is 372 g/mol. The summed E-state index contributed by atoms with van der Waals surface area (Å²) in [5.74, 6) is 0.806. The average Bonchev–Trinajstić information content (AvgIpc) is 3.32. The zero-order valence-electron chi connectivity index (χ0n) is 15.8. The van der Waals surface area contributed by atoms with Crippen LogP contribution < -0.4 is 10.6 Å². The Labute approximate surface area is 164 Å². The molecular weight excluding hydrogens is 348 g/mol. The van der Waals surface area contributed by atoms with Gasteiger partial charge in [0.2, 0.25) is 0 Å². The topological polar surface area (TPSA) is 59.0 Å². The van der Waals surface area contributed by atoms with Crippen LogP contribution in [-0.2, 0) is 19.3 Å². The van der Waals surface area contributed by atoms with Gasteiger partial charge in [0.05, 0.1) is 17.4 Å². The number of anilines is 1. The lowest BCUT2D eigenvalue weighted by Gasteiger charge is -2.26. The Morgan fingerprint density at radius 2 is 1.79 bits per heavy atom. The summed E-state index contributed by atoms with van der Waals surface area (Å²) in [6, 6.07) is 18.3. The van der Waals surface area contributed by atoms with E-state index >= 15 is 0 Å². The van der Waals surface area contributed by atoms with E-state index in [-0.39, 0.29) is 12.1 Å². The number of urea groups is 1. The molecule has 5 heteroatoms. The molecule has 0 fully saturated rings. The molecule has 0 aliphatic heterocycles. The lowest BCUT2D eigenvalue weighted by atomic mass is 9.88. The molecule has 0 saturated carbocycles. The number of benzene rings is 2. The molecule has 28 heavy (non-hydrogen) atoms. The highest BCUT2D eigenvalue weighted by Gasteiger charge is 2.26. The Bertz CT molecular complexity index is 1010. The van der Waals surface area contributed by atoms with Gasteiger partial charge in [-0.15, -0.1) is 0 Å². The van der Waals surface area contributed by atoms with Gasteiger partial charge in [-0.2, -0.15) is 5.10 Å². The van der Waals surface area contributed by atoms with Gasteiger partial charge in [-0.3, -0.25) is 5.32 Å². The summed E-state index contributed by atoms with van der Waals surface area (Å²) in [5.41, 5.74) is 5.82. The molecular formula is C23H24N4O. The molecule has 0 bridgehead atoms. The second-order valence-corrected chi connectivity index (χ2v) is 7.62. The lowest BCUT2D eigenvalue weighted by Crippen LogP contribution is -2.35. The average molecular weight is 372 g/mol. The number of aryl methyl sites for hydroxylation is 2. The molecule has 1 atom stereocenters. The van der Waals surface area contributed by atoms with Crippen LogP contribution in [-0.4, -0.2) is 15.8 Å². The number of carbonyl (C=O) groups excluding carboxylic acids is 1. The van der Waals surface area contributed by atoms with Crippen LogP contribution in [0.2, 0.25) is 0 Å². The molecule has 2 N–H and O–H groups in total. The molecule has 2 amide bonds. The summed E-state index contributed by atoms with van der Waals surface area (Å²) in [7, 11) is 0. The second-order valence-electron chi connectivity index (χ2n) is 7.62. The van der Waals surface area contributed by atoms with Gasteiger partial charge in [-0.05, 0) is 61.8 Å². The summed E-state index contributed by atoms with van der Waals surface area (Å²) in [4.78, 5) is 12.9. The Kier molecular flexibility index (Phi) is 4.35. The Morgan fingerprint density at radius 3 is 2.68 bits per heavy atom. The molecule has 1 unspecified atom stereocenters. The van der Waals surface area contributed by atoms with E-state index in [4.69, 9.17) is 5.10 Å². The third-order valence-corrected chi connectivity index (χ3v) is 5.81. The number of para-hydroxylation sites is 1. The van der Waals surface area contributed by atoms with Crippen molar-refractivity contribution in [2.45, 2.75) is 44.6 Å². The number of aromatic nitrogens is 2. The maximum absolute atomic E-state index is 12.9. The minimum Gasteiger partial charge on any atom is -0.331 e. The first-order valence-corrected chi connectivity index (χ1v) is 10.1. The highest BCUT2D eigenvalue weighted by molar-refractivity contribution is 5.90. The van der Waals surface area contributed by atoms with Crippen LogP contribution in [0.25, 0.3) is 5.69 Å². The number of nitrogens with zero attached hydrogens (tertiary/aromatic N) is 2. The highest BCUT2D eigenvalue weighted by Crippen LogP contribution is 2.32. The van der Waals surface area contributed by atoms with Crippen molar-refractivity contribution in [2.75, 3.05) is 5.32 Å². The van der Waals surface area contributed by atoms with E-state index in [9.17, 15) is 4.79 Å². The molecule has 1 aromatic heterocycles. The van der Waals surface area contributed by atoms with Gasteiger partial charge in [-0.25, -0.2) is 9.48 Å². The number of rotatable bonds is 3. The zero-order valence-corrected chi connectivity index (χ0v) is 15.8. The standard InChI is InChI=1S/C23H24N4O/c28-23(24-20-14-6-9-16-8-4-5-12-18(16)20)25-22-19-13-7-15-21(19)26-27(22)17-10-2-1-3-11-17/h1-5,8,10-12,20H,6-7,9,13-15H2,(H2,24,25,28). The summed E-state index contributed by atoms with van der Waals surface area (Å²) in [6.07, 6.45) is 6.19. The van der Waals surface area contributed by atoms with Crippen molar-refractivity contribution >= 4 is 11.8 Å². The van der Waals surface area contributed by atoms with Crippen LogP contribution in [0.4, 0.5) is 10.6 Å². The highest BCUT2D eigenvalue weighted by atomic mass is 16.2. The number of carbonyl (C=O) groups is 1. The fourth-order valence-electron chi connectivity index (χ4n) is 4.48. The van der Waals surface area contributed by atoms with E-state index in [2.05, 4.69) is 28.8 Å². The van der Waals surface area contributed by atoms with Gasteiger partial charge in [0, 0.05) is 5.56 Å². The number of fused-ring (bicyclic) bond motifs is 2. The van der Waals surface area contributed by atoms with Crippen molar-refractivity contribution in [1.29, 1.82) is 0 Å². The normalized spacial score (nSPS) is 17.6. The first-order chi connectivity index (χ1) is 13.8. The molecule has 5 nitrogen and oxygen atoms in total. The van der Waals surface area contributed by atoms with Crippen LogP contribution in [0.5, 0.6) is 0 Å². The number of nitrogens with one attached hydrogen (secondary N) is 2. The predicted molar refractivity (Wildman–Crippen MR) is 110 cm³/mol. The van der Waals surface area contributed by atoms with Crippen molar-refractivity contribution in [2.24, 2.45) is 0 Å². The molecule has 2 aromatic carbocycles. The predicted octanol–water partition coefficient (Wildman–Crippen LogP) is 4.56. The van der Waals surface area contributed by atoms with Crippen LogP contribution in [0.1, 0.15) is 47.7 Å². The molecule has 2 aliphatic carbocycles. The molecule has 0 saturated heterocycles. The third-order valence-electron chi connectivity index (χ3n) is 5.81. The lowest BCUT2D eigenvalue weighted by molar-refractivity contribution is 0.247. The van der Waals surface area contributed by atoms with E-state index in [0.717, 1.165) is 55.7 Å². The maximum Gasteiger partial charge on any atom is 0.320 e. The van der Waals surface area contributed by atoms with Crippen molar-refractivity contribution in [3.8, 4) is 5.69 Å². The van der Waals surface area contributed by atoms with Gasteiger partial charge in [0.25, 0.3) is 0 Å². The van der Waals surface area contributed by atoms with E-state index in [0.29, 0.717) is 0 Å². The van der Waals surface area contributed by atoms with Crippen LogP contribution in [0.3, 0.4) is 0 Å². The van der Waals surface area contributed by atoms with Gasteiger partial charge >= 0.3 is 6.03 Å². The summed E-state index contributed by atoms with van der Waals surface area (Å²) >= 11 is 0. The third kappa shape index (κ3) is 3.07. The molecule has 3 aromatic rings. The summed E-state index contributed by atoms with van der Waals surface area (Å²) < 4.78 is 1.87. The first-order valence-electron chi connectivity index (χ1n) is 10.1. The molecule has 1 heterocycles. The number of hydrogen-bond acceptors (Lipinski definition) is 2. The molecule has 5 rings (SSSR count). The SMILES string of the molecule is O=C(Nc1c2c(nn1-c1ccccc1)CCC2)NC1CCCc2ccccc21. The molecule has 2 aliphatic rings. The van der Waals surface area contributed by atoms with Crippen molar-refractivity contribution in [1.82, 2.24) is 15.1 Å². The first kappa shape index (κ1) is 17.0. The van der Waals surface area contributed by atoms with E-state index < -0.39 is 0 Å². The molecule has 0 radical (unpaired) electrons. The fourth-order valence-corrected chi connectivity index (χ4v) is 4.48. The second kappa shape index (κ2) is 7.15. The quantitative estimate of drug-likeness (QED) is 0.708. The van der Waals surface area contributed by atoms with Crippen molar-refractivity contribution in [3.05, 3.63) is 77.0 Å². The Hall–Kier alpha value is -3.08. The van der Waals surface area contributed by atoms with Crippen LogP contribution in [0, 0.1) is 0 Å². The van der Waals surface area contributed by atoms with Crippen LogP contribution in [0.15, 0.2) is 54.6 Å². The summed E-state index contributed by atoms with van der Waals surface area (Å²) in [6.45, 7) is 0. The smallest absolute Gasteiger partial charge is 0.320 e. The molecule has 0 spiro atoms. The minimum atomic E-state index is -0.159. The van der Waals surface area contributed by atoms with E-state index in [1.807, 2.05) is 41.1 Å². The van der Waals surface area contributed by atoms with Crippen molar-refractivity contribution < 1.29 is 4.79 Å². The van der Waals surface area contributed by atoms with Crippen LogP contribution >= 0.6 is 0 Å². The van der Waals surface area contributed by atoms with E-state index in [1.165, 1.54) is 16.7 Å². The minimum absolute atomic E-state index is 0.0612. The zero-order chi connectivity index (χ0) is 18.9. The largest absolute Gasteiger partial charge is 0.331 e. The van der Waals surface area contributed by atoms with Gasteiger partial charge in [0.1, 0.15) is 5.82 Å². The maximum atomic E-state index is 12.9. The Balaban J connectivity index is 1.40.